The van der Waals surface area contributed by atoms with Crippen LogP contribution in [0.25, 0.3) is 0 Å². The first-order valence-corrected chi connectivity index (χ1v) is 6.57. The van der Waals surface area contributed by atoms with E-state index in [1.807, 2.05) is 30.3 Å². The molecule has 1 saturated carbocycles. The summed E-state index contributed by atoms with van der Waals surface area (Å²) in [5.74, 6) is -0.131. The first kappa shape index (κ1) is 12.2. The Hall–Kier alpha value is -1.87. The average molecular weight is 273 g/mol. The van der Waals surface area contributed by atoms with Crippen LogP contribution in [0.1, 0.15) is 28.9 Å². The van der Waals surface area contributed by atoms with E-state index in [1.54, 1.807) is 18.3 Å². The van der Waals surface area contributed by atoms with Gasteiger partial charge in [-0.2, -0.15) is 0 Å². The lowest BCUT2D eigenvalue weighted by molar-refractivity contribution is 0.0926. The van der Waals surface area contributed by atoms with E-state index in [1.165, 1.54) is 0 Å². The summed E-state index contributed by atoms with van der Waals surface area (Å²) < 4.78 is 0. The van der Waals surface area contributed by atoms with Crippen LogP contribution in [0.15, 0.2) is 48.7 Å². The lowest BCUT2D eigenvalue weighted by Gasteiger charge is -2.17. The molecule has 0 radical (unpaired) electrons. The van der Waals surface area contributed by atoms with Crippen LogP contribution < -0.4 is 5.32 Å². The fourth-order valence-electron chi connectivity index (χ4n) is 2.16. The van der Waals surface area contributed by atoms with E-state index < -0.39 is 0 Å². The predicted octanol–water partition coefficient (Wildman–Crippen LogP) is 3.15. The highest BCUT2D eigenvalue weighted by Crippen LogP contribution is 2.45. The lowest BCUT2D eigenvalue weighted by atomic mass is 10.0. The van der Waals surface area contributed by atoms with Crippen LogP contribution >= 0.6 is 11.6 Å². The Balaban J connectivity index is 1.79. The van der Waals surface area contributed by atoms with Crippen LogP contribution in [0, 0.1) is 0 Å². The standard InChI is InChI=1S/C15H13ClN2O/c16-12-6-4-11(5-7-12)15(8-9-15)18-14(19)13-3-1-2-10-17-13/h1-7,10H,8-9H2,(H,18,19). The normalized spacial score (nSPS) is 15.8. The molecular formula is C15H13ClN2O. The molecule has 96 valence electrons. The Bertz CT molecular complexity index is 591. The maximum Gasteiger partial charge on any atom is 0.270 e. The second kappa shape index (κ2) is 4.67. The minimum atomic E-state index is -0.237. The van der Waals surface area contributed by atoms with Gasteiger partial charge in [0.25, 0.3) is 5.91 Å². The molecule has 1 aromatic heterocycles. The number of pyridine rings is 1. The summed E-state index contributed by atoms with van der Waals surface area (Å²) >= 11 is 5.89. The summed E-state index contributed by atoms with van der Waals surface area (Å²) in [7, 11) is 0. The van der Waals surface area contributed by atoms with Gasteiger partial charge in [-0.25, -0.2) is 0 Å². The first-order chi connectivity index (χ1) is 9.20. The largest absolute Gasteiger partial charge is 0.341 e. The van der Waals surface area contributed by atoms with Crippen LogP contribution in [0.3, 0.4) is 0 Å². The molecule has 0 atom stereocenters. The second-order valence-corrected chi connectivity index (χ2v) is 5.19. The number of benzene rings is 1. The van der Waals surface area contributed by atoms with E-state index in [2.05, 4.69) is 10.3 Å². The molecule has 0 spiro atoms. The molecule has 1 N–H and O–H groups in total. The highest BCUT2D eigenvalue weighted by atomic mass is 35.5. The van der Waals surface area contributed by atoms with Gasteiger partial charge in [-0.15, -0.1) is 0 Å². The van der Waals surface area contributed by atoms with Gasteiger partial charge in [0.1, 0.15) is 5.69 Å². The van der Waals surface area contributed by atoms with Crippen molar-refractivity contribution < 1.29 is 4.79 Å². The molecule has 1 aliphatic rings. The third-order valence-corrected chi connectivity index (χ3v) is 3.65. The van der Waals surface area contributed by atoms with E-state index in [-0.39, 0.29) is 11.4 Å². The molecule has 1 fully saturated rings. The Morgan fingerprint density at radius 2 is 1.89 bits per heavy atom. The Morgan fingerprint density at radius 1 is 1.16 bits per heavy atom. The summed E-state index contributed by atoms with van der Waals surface area (Å²) in [6, 6.07) is 13.0. The summed E-state index contributed by atoms with van der Waals surface area (Å²) in [5.41, 5.74) is 1.31. The fraction of sp³-hybridized carbons (Fsp3) is 0.200. The second-order valence-electron chi connectivity index (χ2n) is 4.76. The summed E-state index contributed by atoms with van der Waals surface area (Å²) in [6.07, 6.45) is 3.52. The topological polar surface area (TPSA) is 42.0 Å². The molecule has 1 heterocycles. The summed E-state index contributed by atoms with van der Waals surface area (Å²) in [4.78, 5) is 16.2. The van der Waals surface area contributed by atoms with Gasteiger partial charge in [0, 0.05) is 11.2 Å². The molecule has 0 aliphatic heterocycles. The van der Waals surface area contributed by atoms with Crippen molar-refractivity contribution in [3.05, 3.63) is 64.9 Å². The summed E-state index contributed by atoms with van der Waals surface area (Å²) in [5, 5.41) is 3.78. The van der Waals surface area contributed by atoms with Crippen molar-refractivity contribution in [3.63, 3.8) is 0 Å². The van der Waals surface area contributed by atoms with E-state index >= 15 is 0 Å². The highest BCUT2D eigenvalue weighted by molar-refractivity contribution is 6.30. The van der Waals surface area contributed by atoms with Crippen LogP contribution in [0.4, 0.5) is 0 Å². The number of hydrogen-bond acceptors (Lipinski definition) is 2. The zero-order valence-corrected chi connectivity index (χ0v) is 11.0. The van der Waals surface area contributed by atoms with Gasteiger partial charge < -0.3 is 5.32 Å². The van der Waals surface area contributed by atoms with Crippen molar-refractivity contribution in [1.29, 1.82) is 0 Å². The Kier molecular flexibility index (Phi) is 2.99. The van der Waals surface area contributed by atoms with Crippen molar-refractivity contribution in [2.45, 2.75) is 18.4 Å². The molecule has 19 heavy (non-hydrogen) atoms. The van der Waals surface area contributed by atoms with Gasteiger partial charge in [0.15, 0.2) is 0 Å². The Morgan fingerprint density at radius 3 is 2.47 bits per heavy atom. The first-order valence-electron chi connectivity index (χ1n) is 6.19. The van der Waals surface area contributed by atoms with Crippen LogP contribution in [0.2, 0.25) is 5.02 Å². The maximum atomic E-state index is 12.1. The van der Waals surface area contributed by atoms with E-state index in [0.717, 1.165) is 18.4 Å². The molecule has 3 nitrogen and oxygen atoms in total. The maximum absolute atomic E-state index is 12.1. The van der Waals surface area contributed by atoms with Crippen molar-refractivity contribution >= 4 is 17.5 Å². The monoisotopic (exact) mass is 272 g/mol. The van der Waals surface area contributed by atoms with Crippen molar-refractivity contribution in [2.24, 2.45) is 0 Å². The summed E-state index contributed by atoms with van der Waals surface area (Å²) in [6.45, 7) is 0. The molecule has 0 unspecified atom stereocenters. The number of nitrogens with zero attached hydrogens (tertiary/aromatic N) is 1. The number of carbonyl (C=O) groups excluding carboxylic acids is 1. The molecule has 3 rings (SSSR count). The number of amides is 1. The quantitative estimate of drug-likeness (QED) is 0.933. The number of halogens is 1. The van der Waals surface area contributed by atoms with E-state index in [4.69, 9.17) is 11.6 Å². The Labute approximate surface area is 116 Å². The molecule has 0 saturated heterocycles. The van der Waals surface area contributed by atoms with Gasteiger partial charge in [-0.3, -0.25) is 9.78 Å². The van der Waals surface area contributed by atoms with Crippen molar-refractivity contribution in [3.8, 4) is 0 Å². The van der Waals surface area contributed by atoms with E-state index in [0.29, 0.717) is 10.7 Å². The zero-order chi connectivity index (χ0) is 13.3. The third-order valence-electron chi connectivity index (χ3n) is 3.40. The average Bonchev–Trinajstić information content (AvgIpc) is 3.21. The lowest BCUT2D eigenvalue weighted by Crippen LogP contribution is -2.35. The number of rotatable bonds is 3. The van der Waals surface area contributed by atoms with Crippen molar-refractivity contribution in [1.82, 2.24) is 10.3 Å². The zero-order valence-electron chi connectivity index (χ0n) is 10.3. The van der Waals surface area contributed by atoms with Gasteiger partial charge in [-0.1, -0.05) is 29.8 Å². The minimum Gasteiger partial charge on any atom is -0.341 e. The van der Waals surface area contributed by atoms with Crippen LogP contribution in [0.5, 0.6) is 0 Å². The SMILES string of the molecule is O=C(NC1(c2ccc(Cl)cc2)CC1)c1ccccn1. The molecule has 2 aromatic rings. The molecule has 1 aliphatic carbocycles. The third kappa shape index (κ3) is 2.47. The highest BCUT2D eigenvalue weighted by Gasteiger charge is 2.45. The fourth-order valence-corrected chi connectivity index (χ4v) is 2.28. The van der Waals surface area contributed by atoms with Crippen LogP contribution in [-0.4, -0.2) is 10.9 Å². The van der Waals surface area contributed by atoms with E-state index in [9.17, 15) is 4.79 Å². The van der Waals surface area contributed by atoms with Gasteiger partial charge in [-0.05, 0) is 42.7 Å². The van der Waals surface area contributed by atoms with Gasteiger partial charge in [0.05, 0.1) is 5.54 Å². The molecule has 4 heteroatoms. The van der Waals surface area contributed by atoms with Crippen LogP contribution in [-0.2, 0) is 5.54 Å². The number of nitrogens with one attached hydrogen (secondary N) is 1. The van der Waals surface area contributed by atoms with Crippen molar-refractivity contribution in [2.75, 3.05) is 0 Å². The minimum absolute atomic E-state index is 0.131. The smallest absolute Gasteiger partial charge is 0.270 e. The number of carbonyl (C=O) groups is 1. The van der Waals surface area contributed by atoms with Gasteiger partial charge in [0.2, 0.25) is 0 Å². The molecular weight excluding hydrogens is 260 g/mol. The number of hydrogen-bond donors (Lipinski definition) is 1. The number of aromatic nitrogens is 1. The molecule has 0 bridgehead atoms. The molecule has 1 aromatic carbocycles. The predicted molar refractivity (Wildman–Crippen MR) is 74.1 cm³/mol. The van der Waals surface area contributed by atoms with Gasteiger partial charge >= 0.3 is 0 Å². The molecule has 1 amide bonds.